The Hall–Kier alpha value is -2.52. The highest BCUT2D eigenvalue weighted by atomic mass is 35.5. The van der Waals surface area contributed by atoms with E-state index in [1.807, 2.05) is 6.92 Å². The van der Waals surface area contributed by atoms with Crippen molar-refractivity contribution >= 4 is 35.1 Å². The molecule has 28 heavy (non-hydrogen) atoms. The highest BCUT2D eigenvalue weighted by Crippen LogP contribution is 2.35. The zero-order valence-electron chi connectivity index (χ0n) is 15.5. The van der Waals surface area contributed by atoms with Gasteiger partial charge in [-0.2, -0.15) is 4.68 Å². The van der Waals surface area contributed by atoms with Crippen LogP contribution in [0.1, 0.15) is 30.1 Å². The van der Waals surface area contributed by atoms with Crippen LogP contribution < -0.4 is 15.4 Å². The molecule has 1 aliphatic rings. The number of H-pyrrole nitrogens is 1. The maximum atomic E-state index is 6.39. The Morgan fingerprint density at radius 3 is 2.61 bits per heavy atom. The second-order valence-corrected chi connectivity index (χ2v) is 7.53. The standard InChI is InChI=1S/C17H20Cl2N8O/c1-9-15(22-16(20)21-9)10-3-5-26(6-4-10)17-23-24-25-27(17)13-8-14(28-2)12(19)7-11(13)18/h7-8,10H,3-6H2,1-2H3,(H3,20,21,22). The van der Waals surface area contributed by atoms with Gasteiger partial charge in [0.1, 0.15) is 5.75 Å². The Balaban J connectivity index is 1.57. The number of benzene rings is 1. The fourth-order valence-electron chi connectivity index (χ4n) is 3.64. The first-order valence-electron chi connectivity index (χ1n) is 8.86. The van der Waals surface area contributed by atoms with Crippen LogP contribution in [-0.4, -0.2) is 50.4 Å². The number of halogens is 2. The van der Waals surface area contributed by atoms with Crippen LogP contribution in [0.5, 0.6) is 5.75 Å². The summed E-state index contributed by atoms with van der Waals surface area (Å²) in [4.78, 5) is 9.60. The number of aryl methyl sites for hydroxylation is 1. The van der Waals surface area contributed by atoms with Gasteiger partial charge < -0.3 is 20.4 Å². The Morgan fingerprint density at radius 2 is 1.96 bits per heavy atom. The van der Waals surface area contributed by atoms with Gasteiger partial charge in [0.25, 0.3) is 0 Å². The van der Waals surface area contributed by atoms with E-state index in [2.05, 4.69) is 30.4 Å². The number of tetrazole rings is 1. The first-order valence-corrected chi connectivity index (χ1v) is 9.62. The minimum Gasteiger partial charge on any atom is -0.495 e. The summed E-state index contributed by atoms with van der Waals surface area (Å²) >= 11 is 12.5. The van der Waals surface area contributed by atoms with Crippen molar-refractivity contribution in [2.24, 2.45) is 0 Å². The molecular weight excluding hydrogens is 403 g/mol. The van der Waals surface area contributed by atoms with Gasteiger partial charge in [-0.25, -0.2) is 4.98 Å². The maximum absolute atomic E-state index is 6.39. The lowest BCUT2D eigenvalue weighted by Crippen LogP contribution is -2.35. The third kappa shape index (κ3) is 3.35. The van der Waals surface area contributed by atoms with E-state index in [1.165, 1.54) is 0 Å². The molecule has 1 fully saturated rings. The lowest BCUT2D eigenvalue weighted by molar-refractivity contribution is 0.414. The number of methoxy groups -OCH3 is 1. The number of nitrogens with zero attached hydrogens (tertiary/aromatic N) is 6. The molecule has 0 unspecified atom stereocenters. The van der Waals surface area contributed by atoms with Gasteiger partial charge in [0, 0.05) is 30.8 Å². The van der Waals surface area contributed by atoms with Crippen LogP contribution in [-0.2, 0) is 0 Å². The van der Waals surface area contributed by atoms with Gasteiger partial charge in [0.15, 0.2) is 5.95 Å². The van der Waals surface area contributed by atoms with Crippen LogP contribution >= 0.6 is 23.2 Å². The smallest absolute Gasteiger partial charge is 0.250 e. The van der Waals surface area contributed by atoms with E-state index in [-0.39, 0.29) is 0 Å². The zero-order valence-corrected chi connectivity index (χ0v) is 17.0. The molecule has 0 bridgehead atoms. The van der Waals surface area contributed by atoms with Crippen molar-refractivity contribution in [3.8, 4) is 11.4 Å². The first kappa shape index (κ1) is 18.8. The van der Waals surface area contributed by atoms with E-state index < -0.39 is 0 Å². The highest BCUT2D eigenvalue weighted by Gasteiger charge is 2.27. The fraction of sp³-hybridized carbons (Fsp3) is 0.412. The highest BCUT2D eigenvalue weighted by molar-refractivity contribution is 6.36. The Morgan fingerprint density at radius 1 is 1.21 bits per heavy atom. The Labute approximate surface area is 171 Å². The second-order valence-electron chi connectivity index (χ2n) is 6.71. The molecule has 1 aliphatic heterocycles. The molecule has 3 aromatic rings. The van der Waals surface area contributed by atoms with Crippen molar-refractivity contribution in [1.29, 1.82) is 0 Å². The summed E-state index contributed by atoms with van der Waals surface area (Å²) < 4.78 is 6.91. The van der Waals surface area contributed by atoms with E-state index in [0.717, 1.165) is 37.3 Å². The molecule has 11 heteroatoms. The summed E-state index contributed by atoms with van der Waals surface area (Å²) in [6.45, 7) is 3.57. The quantitative estimate of drug-likeness (QED) is 0.664. The van der Waals surface area contributed by atoms with Gasteiger partial charge in [-0.1, -0.05) is 28.3 Å². The number of nitrogens with two attached hydrogens (primary N) is 1. The van der Waals surface area contributed by atoms with E-state index in [1.54, 1.807) is 23.9 Å². The summed E-state index contributed by atoms with van der Waals surface area (Å²) in [6.07, 6.45) is 1.88. The predicted octanol–water partition coefficient (Wildman–Crippen LogP) is 2.98. The summed E-state index contributed by atoms with van der Waals surface area (Å²) in [5.74, 6) is 1.98. The number of hydrogen-bond donors (Lipinski definition) is 2. The number of hydrogen-bond acceptors (Lipinski definition) is 7. The van der Waals surface area contributed by atoms with Gasteiger partial charge in [0.05, 0.1) is 28.5 Å². The number of piperidine rings is 1. The van der Waals surface area contributed by atoms with Crippen LogP contribution in [0, 0.1) is 6.92 Å². The number of rotatable bonds is 4. The monoisotopic (exact) mass is 422 g/mol. The molecule has 1 saturated heterocycles. The summed E-state index contributed by atoms with van der Waals surface area (Å²) in [6, 6.07) is 3.36. The predicted molar refractivity (Wildman–Crippen MR) is 108 cm³/mol. The molecule has 1 aromatic carbocycles. The van der Waals surface area contributed by atoms with Crippen molar-refractivity contribution in [2.75, 3.05) is 30.8 Å². The van der Waals surface area contributed by atoms with Crippen molar-refractivity contribution in [2.45, 2.75) is 25.7 Å². The van der Waals surface area contributed by atoms with Gasteiger partial charge >= 0.3 is 0 Å². The number of aromatic amines is 1. The molecule has 2 aromatic heterocycles. The molecule has 0 atom stereocenters. The first-order chi connectivity index (χ1) is 13.5. The third-order valence-electron chi connectivity index (χ3n) is 5.03. The van der Waals surface area contributed by atoms with Crippen molar-refractivity contribution < 1.29 is 4.74 Å². The molecule has 9 nitrogen and oxygen atoms in total. The van der Waals surface area contributed by atoms with Gasteiger partial charge in [-0.15, -0.1) is 0 Å². The normalized spacial score (nSPS) is 15.2. The Bertz CT molecular complexity index is 993. The summed E-state index contributed by atoms with van der Waals surface area (Å²) in [5.41, 5.74) is 8.47. The number of nitrogens with one attached hydrogen (secondary N) is 1. The molecule has 148 valence electrons. The van der Waals surface area contributed by atoms with E-state index in [9.17, 15) is 0 Å². The SMILES string of the molecule is COc1cc(-n2nnnc2N2CCC(c3[nH]c(N)nc3C)CC2)c(Cl)cc1Cl. The number of imidazole rings is 1. The Kier molecular flexibility index (Phi) is 5.03. The second kappa shape index (κ2) is 7.48. The minimum atomic E-state index is 0.379. The number of aromatic nitrogens is 6. The lowest BCUT2D eigenvalue weighted by atomic mass is 9.93. The average Bonchev–Trinajstić information content (AvgIpc) is 3.28. The fourth-order valence-corrected chi connectivity index (χ4v) is 4.18. The maximum Gasteiger partial charge on any atom is 0.250 e. The summed E-state index contributed by atoms with van der Waals surface area (Å²) in [7, 11) is 1.55. The van der Waals surface area contributed by atoms with Gasteiger partial charge in [0.2, 0.25) is 5.95 Å². The molecule has 3 heterocycles. The van der Waals surface area contributed by atoms with E-state index >= 15 is 0 Å². The number of anilines is 2. The molecule has 0 saturated carbocycles. The molecule has 3 N–H and O–H groups in total. The number of ether oxygens (including phenoxy) is 1. The van der Waals surface area contributed by atoms with Crippen molar-refractivity contribution in [1.82, 2.24) is 30.2 Å². The lowest BCUT2D eigenvalue weighted by Gasteiger charge is -2.32. The summed E-state index contributed by atoms with van der Waals surface area (Å²) in [5, 5.41) is 13.0. The van der Waals surface area contributed by atoms with Crippen LogP contribution in [0.4, 0.5) is 11.9 Å². The molecular formula is C17H20Cl2N8O. The molecule has 0 spiro atoms. The van der Waals surface area contributed by atoms with Crippen LogP contribution in [0.25, 0.3) is 5.69 Å². The van der Waals surface area contributed by atoms with Crippen LogP contribution in [0.15, 0.2) is 12.1 Å². The average molecular weight is 423 g/mol. The molecule has 4 rings (SSSR count). The van der Waals surface area contributed by atoms with E-state index in [4.69, 9.17) is 33.7 Å². The van der Waals surface area contributed by atoms with Crippen LogP contribution in [0.3, 0.4) is 0 Å². The molecule has 0 radical (unpaired) electrons. The largest absolute Gasteiger partial charge is 0.495 e. The molecule has 0 amide bonds. The topological polar surface area (TPSA) is 111 Å². The molecule has 0 aliphatic carbocycles. The van der Waals surface area contributed by atoms with Crippen LogP contribution in [0.2, 0.25) is 10.0 Å². The van der Waals surface area contributed by atoms with Crippen molar-refractivity contribution in [3.05, 3.63) is 33.6 Å². The number of nitrogen functional groups attached to an aromatic ring is 1. The van der Waals surface area contributed by atoms with Crippen molar-refractivity contribution in [3.63, 3.8) is 0 Å². The third-order valence-corrected chi connectivity index (χ3v) is 5.63. The minimum absolute atomic E-state index is 0.379. The van der Waals surface area contributed by atoms with Gasteiger partial charge in [-0.05, 0) is 36.3 Å². The zero-order chi connectivity index (χ0) is 19.8. The van der Waals surface area contributed by atoms with E-state index in [0.29, 0.717) is 39.3 Å². The van der Waals surface area contributed by atoms with Gasteiger partial charge in [-0.3, -0.25) is 0 Å².